The van der Waals surface area contributed by atoms with Crippen molar-refractivity contribution in [2.24, 2.45) is 0 Å². The maximum atomic E-state index is 12.0. The number of likely N-dealkylation sites (tertiary alicyclic amines) is 1. The number of amides is 1. The van der Waals surface area contributed by atoms with E-state index in [1.54, 1.807) is 14.2 Å². The van der Waals surface area contributed by atoms with Crippen molar-refractivity contribution < 1.29 is 19.1 Å². The van der Waals surface area contributed by atoms with Gasteiger partial charge in [-0.3, -0.25) is 0 Å². The second-order valence-electron chi connectivity index (χ2n) is 5.97. The first kappa shape index (κ1) is 23.2. The first-order chi connectivity index (χ1) is 10.2. The van der Waals surface area contributed by atoms with Gasteiger partial charge < -0.3 is 19.2 Å². The van der Waals surface area contributed by atoms with Crippen LogP contribution in [0.2, 0.25) is 0 Å². The molecule has 1 fully saturated rings. The third kappa shape index (κ3) is 10.6. The molecule has 1 heterocycles. The molecule has 0 bridgehead atoms. The van der Waals surface area contributed by atoms with Gasteiger partial charge in [-0.25, -0.2) is 4.79 Å². The Morgan fingerprint density at radius 3 is 2.23 bits per heavy atom. The molecule has 0 aromatic carbocycles. The van der Waals surface area contributed by atoms with E-state index in [4.69, 9.17) is 21.1 Å². The number of halogens is 1. The smallest absolute Gasteiger partial charge is 0.410 e. The molecule has 22 heavy (non-hydrogen) atoms. The highest BCUT2D eigenvalue weighted by molar-refractivity contribution is 6.19. The molecule has 0 saturated carbocycles. The Morgan fingerprint density at radius 1 is 1.32 bits per heavy atom. The van der Waals surface area contributed by atoms with E-state index in [0.29, 0.717) is 5.88 Å². The third-order valence-corrected chi connectivity index (χ3v) is 3.10. The molecule has 0 radical (unpaired) electrons. The number of nitrogens with zero attached hydrogens (tertiary/aromatic N) is 1. The molecule has 1 aliphatic heterocycles. The van der Waals surface area contributed by atoms with Crippen LogP contribution in [0.5, 0.6) is 0 Å². The zero-order chi connectivity index (χ0) is 17.8. The Labute approximate surface area is 139 Å². The molecule has 1 aliphatic rings. The number of alkyl halides is 1. The van der Waals surface area contributed by atoms with Crippen LogP contribution in [0.1, 0.15) is 40.0 Å². The van der Waals surface area contributed by atoms with Crippen molar-refractivity contribution in [3.05, 3.63) is 12.2 Å². The average molecular weight is 336 g/mol. The molecule has 1 atom stereocenters. The van der Waals surface area contributed by atoms with E-state index < -0.39 is 5.60 Å². The predicted molar refractivity (Wildman–Crippen MR) is 90.5 cm³/mol. The Bertz CT molecular complexity index is 329. The monoisotopic (exact) mass is 335 g/mol. The molecule has 0 aliphatic carbocycles. The maximum Gasteiger partial charge on any atom is 0.410 e. The number of hydrogen-bond donors (Lipinski definition) is 0. The van der Waals surface area contributed by atoms with Crippen molar-refractivity contribution in [2.75, 3.05) is 26.6 Å². The van der Waals surface area contributed by atoms with Crippen molar-refractivity contribution in [2.45, 2.75) is 51.7 Å². The standard InChI is InChI=1S/C13H22ClNO2.C2H6O.CH2O/c1-10(9-14)8-11-6-5-7-15(11)12(16)17-13(2,3)4;1-3-2;1-2/h11H,1,5-9H2,2-4H3;1-2H3;1H2. The lowest BCUT2D eigenvalue weighted by Crippen LogP contribution is -2.40. The largest absolute Gasteiger partial charge is 0.444 e. The van der Waals surface area contributed by atoms with E-state index in [0.717, 1.165) is 31.4 Å². The van der Waals surface area contributed by atoms with Gasteiger partial charge in [-0.05, 0) is 40.0 Å². The lowest BCUT2D eigenvalue weighted by Gasteiger charge is -2.28. The summed E-state index contributed by atoms with van der Waals surface area (Å²) in [6.45, 7) is 12.3. The molecule has 1 saturated heterocycles. The Morgan fingerprint density at radius 2 is 1.82 bits per heavy atom. The van der Waals surface area contributed by atoms with E-state index in [2.05, 4.69) is 11.3 Å². The minimum absolute atomic E-state index is 0.205. The van der Waals surface area contributed by atoms with Gasteiger partial charge in [-0.2, -0.15) is 0 Å². The minimum Gasteiger partial charge on any atom is -0.444 e. The second kappa shape index (κ2) is 12.5. The van der Waals surface area contributed by atoms with Crippen molar-refractivity contribution in [1.82, 2.24) is 4.90 Å². The van der Waals surface area contributed by atoms with Crippen molar-refractivity contribution in [3.63, 3.8) is 0 Å². The van der Waals surface area contributed by atoms with Crippen LogP contribution in [0.25, 0.3) is 0 Å². The van der Waals surface area contributed by atoms with Gasteiger partial charge in [0, 0.05) is 32.7 Å². The molecular formula is C16H30ClNO4. The van der Waals surface area contributed by atoms with Gasteiger partial charge in [-0.15, -0.1) is 11.6 Å². The van der Waals surface area contributed by atoms with Crippen LogP contribution < -0.4 is 0 Å². The highest BCUT2D eigenvalue weighted by Gasteiger charge is 2.32. The molecule has 1 rings (SSSR count). The van der Waals surface area contributed by atoms with Crippen molar-refractivity contribution in [3.8, 4) is 0 Å². The fourth-order valence-corrected chi connectivity index (χ4v) is 2.11. The van der Waals surface area contributed by atoms with Crippen LogP contribution in [-0.4, -0.2) is 56.1 Å². The van der Waals surface area contributed by atoms with E-state index >= 15 is 0 Å². The Balaban J connectivity index is 0. The summed E-state index contributed by atoms with van der Waals surface area (Å²) in [4.78, 5) is 21.8. The second-order valence-corrected chi connectivity index (χ2v) is 6.23. The van der Waals surface area contributed by atoms with Gasteiger partial charge in [0.05, 0.1) is 0 Å². The summed E-state index contributed by atoms with van der Waals surface area (Å²) in [5.41, 5.74) is 0.542. The lowest BCUT2D eigenvalue weighted by molar-refractivity contribution is -0.0980. The van der Waals surface area contributed by atoms with E-state index in [9.17, 15) is 4.79 Å². The van der Waals surface area contributed by atoms with Crippen LogP contribution >= 0.6 is 11.6 Å². The van der Waals surface area contributed by atoms with Gasteiger partial charge in [0.25, 0.3) is 0 Å². The third-order valence-electron chi connectivity index (χ3n) is 2.72. The summed E-state index contributed by atoms with van der Waals surface area (Å²) in [6.07, 6.45) is 2.60. The van der Waals surface area contributed by atoms with Gasteiger partial charge in [0.1, 0.15) is 12.4 Å². The molecule has 1 amide bonds. The zero-order valence-electron chi connectivity index (χ0n) is 14.5. The number of hydrogen-bond acceptors (Lipinski definition) is 4. The van der Waals surface area contributed by atoms with Crippen LogP contribution in [0.3, 0.4) is 0 Å². The van der Waals surface area contributed by atoms with Crippen LogP contribution in [0, 0.1) is 0 Å². The van der Waals surface area contributed by atoms with E-state index in [1.807, 2.05) is 32.5 Å². The first-order valence-corrected chi connectivity index (χ1v) is 7.69. The summed E-state index contributed by atoms with van der Waals surface area (Å²) < 4.78 is 9.64. The SMILES string of the molecule is C=C(CCl)CC1CCCN1C(=O)OC(C)(C)C.C=O.COC. The number of ether oxygens (including phenoxy) is 2. The molecule has 0 spiro atoms. The molecule has 0 aromatic heterocycles. The van der Waals surface area contributed by atoms with Gasteiger partial charge in [0.2, 0.25) is 0 Å². The maximum absolute atomic E-state index is 12.0. The highest BCUT2D eigenvalue weighted by Crippen LogP contribution is 2.25. The Kier molecular flexibility index (Phi) is 13.2. The highest BCUT2D eigenvalue weighted by atomic mass is 35.5. The normalized spacial score (nSPS) is 16.8. The van der Waals surface area contributed by atoms with Crippen molar-refractivity contribution in [1.29, 1.82) is 0 Å². The number of carbonyl (C=O) groups is 2. The number of rotatable bonds is 3. The molecule has 130 valence electrons. The predicted octanol–water partition coefficient (Wildman–Crippen LogP) is 3.65. The molecule has 0 aromatic rings. The summed E-state index contributed by atoms with van der Waals surface area (Å²) in [6, 6.07) is 0.205. The van der Waals surface area contributed by atoms with Gasteiger partial charge in [-0.1, -0.05) is 12.2 Å². The number of carbonyl (C=O) groups excluding carboxylic acids is 2. The Hall–Kier alpha value is -1.07. The molecule has 6 heteroatoms. The fourth-order valence-electron chi connectivity index (χ4n) is 2.00. The molecule has 0 N–H and O–H groups in total. The van der Waals surface area contributed by atoms with Crippen LogP contribution in [0.15, 0.2) is 12.2 Å². The van der Waals surface area contributed by atoms with Gasteiger partial charge in [0.15, 0.2) is 0 Å². The number of methoxy groups -OCH3 is 1. The van der Waals surface area contributed by atoms with Gasteiger partial charge >= 0.3 is 6.09 Å². The quantitative estimate of drug-likeness (QED) is 0.583. The van der Waals surface area contributed by atoms with Crippen LogP contribution in [-0.2, 0) is 14.3 Å². The molecular weight excluding hydrogens is 306 g/mol. The van der Waals surface area contributed by atoms with Crippen LogP contribution in [0.4, 0.5) is 4.79 Å². The summed E-state index contributed by atoms with van der Waals surface area (Å²) in [5, 5.41) is 0. The average Bonchev–Trinajstić information content (AvgIpc) is 2.88. The molecule has 1 unspecified atom stereocenters. The summed E-state index contributed by atoms with van der Waals surface area (Å²) >= 11 is 5.73. The van der Waals surface area contributed by atoms with E-state index in [1.165, 1.54) is 0 Å². The summed E-state index contributed by atoms with van der Waals surface area (Å²) in [5.74, 6) is 0.457. The van der Waals surface area contributed by atoms with E-state index in [-0.39, 0.29) is 12.1 Å². The fraction of sp³-hybridized carbons (Fsp3) is 0.750. The summed E-state index contributed by atoms with van der Waals surface area (Å²) in [7, 11) is 3.25. The van der Waals surface area contributed by atoms with Crippen molar-refractivity contribution >= 4 is 24.5 Å². The lowest BCUT2D eigenvalue weighted by atomic mass is 10.1. The molecule has 5 nitrogen and oxygen atoms in total. The minimum atomic E-state index is -0.437. The zero-order valence-corrected chi connectivity index (χ0v) is 15.2. The first-order valence-electron chi connectivity index (χ1n) is 7.16. The topological polar surface area (TPSA) is 55.8 Å².